The van der Waals surface area contributed by atoms with Gasteiger partial charge in [0.25, 0.3) is 6.29 Å². The van der Waals surface area contributed by atoms with Crippen LogP contribution in [0, 0.1) is 0 Å². The van der Waals surface area contributed by atoms with E-state index in [0.717, 1.165) is 70.6 Å². The molecule has 0 bridgehead atoms. The number of carboxylic acid groups (broad SMARTS) is 1. The average Bonchev–Trinajstić information content (AvgIpc) is 3.38. The maximum Gasteiger partial charge on any atom is 0.361 e. The van der Waals surface area contributed by atoms with E-state index < -0.39 is 18.4 Å². The Labute approximate surface area is 577 Å². The van der Waals surface area contributed by atoms with Gasteiger partial charge in [-0.1, -0.05) is 363 Å². The lowest BCUT2D eigenvalue weighted by atomic mass is 10.0. The number of ether oxygens (including phenoxy) is 4. The maximum atomic E-state index is 13.0. The molecule has 0 aliphatic carbocycles. The molecule has 0 spiro atoms. The van der Waals surface area contributed by atoms with Crippen LogP contribution >= 0.6 is 0 Å². The molecule has 0 saturated carbocycles. The molecule has 0 saturated heterocycles. The van der Waals surface area contributed by atoms with Crippen molar-refractivity contribution in [3.8, 4) is 0 Å². The maximum absolute atomic E-state index is 13.0. The predicted octanol–water partition coefficient (Wildman–Crippen LogP) is 25.6. The first kappa shape index (κ1) is 89.7. The van der Waals surface area contributed by atoms with Crippen molar-refractivity contribution in [3.63, 3.8) is 0 Å². The Morgan fingerprint density at radius 2 is 0.613 bits per heavy atom. The third-order valence-corrected chi connectivity index (χ3v) is 17.9. The minimum atomic E-state index is -1.51. The van der Waals surface area contributed by atoms with Crippen molar-refractivity contribution in [2.45, 2.75) is 399 Å². The summed E-state index contributed by atoms with van der Waals surface area (Å²) in [5.74, 6) is -1.98. The van der Waals surface area contributed by atoms with Gasteiger partial charge in [-0.05, 0) is 83.5 Å². The molecule has 542 valence electrons. The molecule has 9 heteroatoms. The minimum absolute atomic E-state index is 0.178. The Balaban J connectivity index is 3.95. The van der Waals surface area contributed by atoms with E-state index in [1.807, 2.05) is 21.1 Å². The van der Waals surface area contributed by atoms with Crippen molar-refractivity contribution in [1.82, 2.24) is 0 Å². The number of likely N-dealkylation sites (N-methyl/N-ethyl adjacent to an activating group) is 1. The van der Waals surface area contributed by atoms with Gasteiger partial charge in [0, 0.05) is 12.8 Å². The highest BCUT2D eigenvalue weighted by Crippen LogP contribution is 2.19. The van der Waals surface area contributed by atoms with E-state index in [1.165, 1.54) is 289 Å². The Morgan fingerprint density at radius 1 is 0.333 bits per heavy atom. The standard InChI is InChI=1S/C84H153NO8/c1-6-8-10-12-14-16-18-20-22-24-26-28-30-32-34-35-36-37-38-39-40-41-42-43-44-45-46-47-49-51-53-55-57-59-61-63-65-67-69-71-73-75-82(87)93-80(79-92-84(83(88)89)90-77-76-85(3,4)5)78-91-81(86)74-72-70-68-66-64-62-60-58-56-54-52-50-48-33-31-29-27-25-23-21-19-17-15-13-11-9-7-2/h8,10,14,16,19-22,25-28,80,84H,6-7,9,11-13,15,17-18,23-24,29-79H2,1-5H3/p+1/b10-8-,16-14-,21-19-,22-20-,27-25-,28-26-. The number of quaternary nitrogens is 1. The number of allylic oxidation sites excluding steroid dienone is 12. The van der Waals surface area contributed by atoms with E-state index >= 15 is 0 Å². The van der Waals surface area contributed by atoms with Gasteiger partial charge in [-0.15, -0.1) is 0 Å². The van der Waals surface area contributed by atoms with Crippen molar-refractivity contribution in [3.05, 3.63) is 72.9 Å². The third-order valence-electron chi connectivity index (χ3n) is 17.9. The summed E-state index contributed by atoms with van der Waals surface area (Å²) in [6, 6.07) is 0. The van der Waals surface area contributed by atoms with Crippen LogP contribution in [0.3, 0.4) is 0 Å². The topological polar surface area (TPSA) is 108 Å². The second-order valence-corrected chi connectivity index (χ2v) is 28.3. The number of aliphatic carboxylic acids is 1. The second-order valence-electron chi connectivity index (χ2n) is 28.3. The summed E-state index contributed by atoms with van der Waals surface area (Å²) in [5.41, 5.74) is 0. The molecule has 2 unspecified atom stereocenters. The van der Waals surface area contributed by atoms with Crippen molar-refractivity contribution in [2.24, 2.45) is 0 Å². The molecule has 0 radical (unpaired) electrons. The molecule has 2 atom stereocenters. The van der Waals surface area contributed by atoms with Gasteiger partial charge in [0.05, 0.1) is 34.4 Å². The van der Waals surface area contributed by atoms with Gasteiger partial charge in [-0.25, -0.2) is 4.79 Å². The first-order valence-electron chi connectivity index (χ1n) is 40.1. The molecule has 1 N–H and O–H groups in total. The van der Waals surface area contributed by atoms with Gasteiger partial charge < -0.3 is 28.5 Å². The summed E-state index contributed by atoms with van der Waals surface area (Å²) in [6.45, 7) is 4.82. The van der Waals surface area contributed by atoms with Crippen LogP contribution in [-0.2, 0) is 33.3 Å². The van der Waals surface area contributed by atoms with Gasteiger partial charge in [0.1, 0.15) is 13.2 Å². The van der Waals surface area contributed by atoms with Crippen LogP contribution in [0.5, 0.6) is 0 Å². The zero-order valence-corrected chi connectivity index (χ0v) is 62.2. The van der Waals surface area contributed by atoms with Crippen molar-refractivity contribution in [2.75, 3.05) is 47.5 Å². The normalized spacial score (nSPS) is 13.0. The Morgan fingerprint density at radius 3 is 0.914 bits per heavy atom. The van der Waals surface area contributed by atoms with Gasteiger partial charge in [0.15, 0.2) is 6.10 Å². The van der Waals surface area contributed by atoms with E-state index in [1.54, 1.807) is 0 Å². The number of nitrogens with zero attached hydrogens (tertiary/aromatic N) is 1. The fourth-order valence-electron chi connectivity index (χ4n) is 11.9. The number of unbranched alkanes of at least 4 members (excludes halogenated alkanes) is 48. The predicted molar refractivity (Wildman–Crippen MR) is 401 cm³/mol. The van der Waals surface area contributed by atoms with E-state index in [-0.39, 0.29) is 38.2 Å². The Bertz CT molecular complexity index is 1760. The lowest BCUT2D eigenvalue weighted by molar-refractivity contribution is -0.870. The molecule has 0 aliphatic rings. The molecule has 0 aromatic carbocycles. The van der Waals surface area contributed by atoms with Crippen LogP contribution in [-0.4, -0.2) is 87.4 Å². The smallest absolute Gasteiger partial charge is 0.361 e. The van der Waals surface area contributed by atoms with Crippen LogP contribution in [0.25, 0.3) is 0 Å². The monoisotopic (exact) mass is 1310 g/mol. The SMILES string of the molecule is CC/C=C\C/C=C\C/C=C\C/C=C\CCCCCCCCCCCCCCCCCCCCCCCCCCCCCCC(=O)OC(COC(=O)CCCCCCCCCCCCCCCCC/C=C\C/C=C\CCCCCCC)COC(OCC[N+](C)(C)C)C(=O)O. The molecular formula is C84H154NO8+. The van der Waals surface area contributed by atoms with Gasteiger partial charge >= 0.3 is 17.9 Å². The van der Waals surface area contributed by atoms with Crippen LogP contribution < -0.4 is 0 Å². The van der Waals surface area contributed by atoms with Crippen molar-refractivity contribution < 1.29 is 42.9 Å². The number of carboxylic acids is 1. The molecular weight excluding hydrogens is 1150 g/mol. The van der Waals surface area contributed by atoms with Crippen LogP contribution in [0.2, 0.25) is 0 Å². The zero-order valence-electron chi connectivity index (χ0n) is 62.2. The van der Waals surface area contributed by atoms with Crippen molar-refractivity contribution in [1.29, 1.82) is 0 Å². The third kappa shape index (κ3) is 76.0. The van der Waals surface area contributed by atoms with Gasteiger partial charge in [0.2, 0.25) is 0 Å². The summed E-state index contributed by atoms with van der Waals surface area (Å²) in [6.07, 6.45) is 97.8. The number of carbonyl (C=O) groups excluding carboxylic acids is 2. The summed E-state index contributed by atoms with van der Waals surface area (Å²) >= 11 is 0. The second kappa shape index (κ2) is 74.5. The first-order valence-corrected chi connectivity index (χ1v) is 40.1. The fourth-order valence-corrected chi connectivity index (χ4v) is 11.9. The van der Waals surface area contributed by atoms with Gasteiger partial charge in [-0.3, -0.25) is 9.59 Å². The van der Waals surface area contributed by atoms with E-state index in [4.69, 9.17) is 18.9 Å². The number of rotatable bonds is 75. The largest absolute Gasteiger partial charge is 0.477 e. The fraction of sp³-hybridized carbons (Fsp3) is 0.821. The van der Waals surface area contributed by atoms with Crippen molar-refractivity contribution >= 4 is 17.9 Å². The summed E-state index contributed by atoms with van der Waals surface area (Å²) < 4.78 is 23.1. The van der Waals surface area contributed by atoms with Crippen LogP contribution in [0.1, 0.15) is 386 Å². The summed E-state index contributed by atoms with van der Waals surface area (Å²) in [5, 5.41) is 9.77. The van der Waals surface area contributed by atoms with Gasteiger partial charge in [-0.2, -0.15) is 0 Å². The number of carbonyl (C=O) groups is 3. The molecule has 0 rings (SSSR count). The van der Waals surface area contributed by atoms with E-state index in [9.17, 15) is 19.5 Å². The van der Waals surface area contributed by atoms with Crippen LogP contribution in [0.15, 0.2) is 72.9 Å². The lowest BCUT2D eigenvalue weighted by Gasteiger charge is -2.25. The zero-order chi connectivity index (χ0) is 67.5. The molecule has 0 amide bonds. The summed E-state index contributed by atoms with van der Waals surface area (Å²) in [4.78, 5) is 37.7. The molecule has 93 heavy (non-hydrogen) atoms. The van der Waals surface area contributed by atoms with E-state index in [2.05, 4.69) is 86.8 Å². The highest BCUT2D eigenvalue weighted by atomic mass is 16.7. The molecule has 0 aromatic heterocycles. The minimum Gasteiger partial charge on any atom is -0.477 e. The number of esters is 2. The van der Waals surface area contributed by atoms with Crippen LogP contribution in [0.4, 0.5) is 0 Å². The Kier molecular flexibility index (Phi) is 71.9. The summed E-state index contributed by atoms with van der Waals surface area (Å²) in [7, 11) is 5.99. The first-order chi connectivity index (χ1) is 45.6. The molecule has 0 fully saturated rings. The molecule has 9 nitrogen and oxygen atoms in total. The number of hydrogen-bond donors (Lipinski definition) is 1. The highest BCUT2D eigenvalue weighted by molar-refractivity contribution is 5.71. The quantitative estimate of drug-likeness (QED) is 0.0211. The molecule has 0 heterocycles. The highest BCUT2D eigenvalue weighted by Gasteiger charge is 2.25. The average molecular weight is 1310 g/mol. The molecule has 0 aliphatic heterocycles. The molecule has 0 aromatic rings. The van der Waals surface area contributed by atoms with E-state index in [0.29, 0.717) is 17.4 Å². The Hall–Kier alpha value is -3.27. The number of hydrogen-bond acceptors (Lipinski definition) is 7. The lowest BCUT2D eigenvalue weighted by Crippen LogP contribution is -2.40.